The van der Waals surface area contributed by atoms with Crippen molar-refractivity contribution >= 4 is 23.6 Å². The highest BCUT2D eigenvalue weighted by Gasteiger charge is 2.14. The van der Waals surface area contributed by atoms with E-state index in [1.165, 1.54) is 12.1 Å². The maximum Gasteiger partial charge on any atom is 0.155 e. The minimum Gasteiger partial charge on any atom is -0.349 e. The number of benzene rings is 1. The highest BCUT2D eigenvalue weighted by Crippen LogP contribution is 2.30. The molecule has 0 aliphatic carbocycles. The van der Waals surface area contributed by atoms with Crippen molar-refractivity contribution in [2.75, 3.05) is 11.9 Å². The molecule has 0 saturated carbocycles. The predicted molar refractivity (Wildman–Crippen MR) is 64.6 cm³/mol. The summed E-state index contributed by atoms with van der Waals surface area (Å²) >= 11 is 5.96. The Morgan fingerprint density at radius 1 is 1.44 bits per heavy atom. The molecular formula is C12H13ClFNO. The molecule has 0 radical (unpaired) electrons. The molecule has 0 saturated heterocycles. The third kappa shape index (κ3) is 2.61. The second kappa shape index (κ2) is 5.12. The van der Waals surface area contributed by atoms with Crippen LogP contribution in [0.2, 0.25) is 5.02 Å². The SMILES string of the molecule is CC(C)=CN(C)c1c(Cl)ccc(F)c1C=O. The van der Waals surface area contributed by atoms with Crippen LogP contribution in [0.1, 0.15) is 24.2 Å². The fraction of sp³-hybridized carbons (Fsp3) is 0.250. The number of carbonyl (C=O) groups is 1. The molecule has 0 aromatic heterocycles. The molecule has 0 aliphatic rings. The van der Waals surface area contributed by atoms with Crippen molar-refractivity contribution in [2.45, 2.75) is 13.8 Å². The van der Waals surface area contributed by atoms with Gasteiger partial charge in [-0.1, -0.05) is 17.2 Å². The molecule has 86 valence electrons. The number of hydrogen-bond donors (Lipinski definition) is 0. The average molecular weight is 242 g/mol. The Morgan fingerprint density at radius 3 is 2.56 bits per heavy atom. The van der Waals surface area contributed by atoms with Gasteiger partial charge in [0.2, 0.25) is 0 Å². The maximum absolute atomic E-state index is 13.4. The van der Waals surface area contributed by atoms with Crippen LogP contribution in [0.25, 0.3) is 0 Å². The Labute approximate surface area is 99.3 Å². The zero-order valence-corrected chi connectivity index (χ0v) is 10.2. The standard InChI is InChI=1S/C12H13ClFNO/c1-8(2)6-15(3)12-9(7-16)11(14)5-4-10(12)13/h4-7H,1-3H3. The number of aldehydes is 1. The van der Waals surface area contributed by atoms with Gasteiger partial charge in [0, 0.05) is 13.2 Å². The second-order valence-corrected chi connectivity index (χ2v) is 4.13. The summed E-state index contributed by atoms with van der Waals surface area (Å²) in [4.78, 5) is 12.5. The van der Waals surface area contributed by atoms with Gasteiger partial charge in [-0.2, -0.15) is 0 Å². The Balaban J connectivity index is 3.36. The lowest BCUT2D eigenvalue weighted by atomic mass is 10.1. The van der Waals surface area contributed by atoms with Crippen molar-refractivity contribution in [1.29, 1.82) is 0 Å². The Hall–Kier alpha value is -1.35. The van der Waals surface area contributed by atoms with E-state index in [2.05, 4.69) is 0 Å². The van der Waals surface area contributed by atoms with Gasteiger partial charge in [-0.15, -0.1) is 0 Å². The fourth-order valence-electron chi connectivity index (χ4n) is 1.48. The molecule has 0 atom stereocenters. The van der Waals surface area contributed by atoms with Gasteiger partial charge < -0.3 is 4.90 Å². The summed E-state index contributed by atoms with van der Waals surface area (Å²) in [5.74, 6) is -0.566. The Kier molecular flexibility index (Phi) is 4.07. The summed E-state index contributed by atoms with van der Waals surface area (Å²) in [6.07, 6.45) is 2.26. The lowest BCUT2D eigenvalue weighted by Crippen LogP contribution is -2.12. The number of rotatable bonds is 3. The number of anilines is 1. The second-order valence-electron chi connectivity index (χ2n) is 3.73. The molecule has 0 unspecified atom stereocenters. The van der Waals surface area contributed by atoms with Crippen LogP contribution in [0.4, 0.5) is 10.1 Å². The van der Waals surface area contributed by atoms with E-state index in [1.54, 1.807) is 18.1 Å². The van der Waals surface area contributed by atoms with E-state index < -0.39 is 5.82 Å². The van der Waals surface area contributed by atoms with E-state index >= 15 is 0 Å². The molecule has 0 amide bonds. The number of hydrogen-bond acceptors (Lipinski definition) is 2. The summed E-state index contributed by atoms with van der Waals surface area (Å²) < 4.78 is 13.4. The molecule has 1 rings (SSSR count). The van der Waals surface area contributed by atoms with E-state index in [1.807, 2.05) is 13.8 Å². The molecule has 0 N–H and O–H groups in total. The van der Waals surface area contributed by atoms with Crippen molar-refractivity contribution in [2.24, 2.45) is 0 Å². The van der Waals surface area contributed by atoms with Crippen LogP contribution in [0.3, 0.4) is 0 Å². The van der Waals surface area contributed by atoms with Gasteiger partial charge in [-0.25, -0.2) is 4.39 Å². The molecule has 0 fully saturated rings. The van der Waals surface area contributed by atoms with Crippen LogP contribution in [-0.2, 0) is 0 Å². The van der Waals surface area contributed by atoms with Gasteiger partial charge in [0.15, 0.2) is 6.29 Å². The third-order valence-electron chi connectivity index (χ3n) is 2.04. The monoisotopic (exact) mass is 241 g/mol. The lowest BCUT2D eigenvalue weighted by Gasteiger charge is -2.19. The van der Waals surface area contributed by atoms with Gasteiger partial charge in [-0.05, 0) is 26.0 Å². The predicted octanol–water partition coefficient (Wildman–Crippen LogP) is 3.65. The number of halogens is 2. The van der Waals surface area contributed by atoms with Crippen LogP contribution >= 0.6 is 11.6 Å². The molecule has 16 heavy (non-hydrogen) atoms. The van der Waals surface area contributed by atoms with E-state index in [0.717, 1.165) is 5.57 Å². The first-order valence-corrected chi connectivity index (χ1v) is 5.16. The van der Waals surface area contributed by atoms with Gasteiger partial charge in [-0.3, -0.25) is 4.79 Å². The minimum absolute atomic E-state index is 0.0208. The average Bonchev–Trinajstić information content (AvgIpc) is 2.19. The van der Waals surface area contributed by atoms with E-state index in [9.17, 15) is 9.18 Å². The first-order chi connectivity index (χ1) is 7.47. The highest BCUT2D eigenvalue weighted by atomic mass is 35.5. The zero-order chi connectivity index (χ0) is 12.3. The topological polar surface area (TPSA) is 20.3 Å². The molecule has 0 bridgehead atoms. The molecule has 2 nitrogen and oxygen atoms in total. The smallest absolute Gasteiger partial charge is 0.155 e. The molecular weight excluding hydrogens is 229 g/mol. The van der Waals surface area contributed by atoms with Gasteiger partial charge in [0.05, 0.1) is 16.3 Å². The Bertz CT molecular complexity index is 439. The van der Waals surface area contributed by atoms with Crippen molar-refractivity contribution in [1.82, 2.24) is 0 Å². The zero-order valence-electron chi connectivity index (χ0n) is 9.42. The largest absolute Gasteiger partial charge is 0.349 e. The number of allylic oxidation sites excluding steroid dienone is 1. The quantitative estimate of drug-likeness (QED) is 0.753. The van der Waals surface area contributed by atoms with Gasteiger partial charge in [0.1, 0.15) is 5.82 Å². The summed E-state index contributed by atoms with van der Waals surface area (Å²) in [5.41, 5.74) is 1.39. The molecule has 4 heteroatoms. The molecule has 0 aliphatic heterocycles. The minimum atomic E-state index is -0.566. The summed E-state index contributed by atoms with van der Waals surface area (Å²) in [6, 6.07) is 2.63. The van der Waals surface area contributed by atoms with Crippen LogP contribution in [0.5, 0.6) is 0 Å². The van der Waals surface area contributed by atoms with Crippen LogP contribution in [0.15, 0.2) is 23.9 Å². The van der Waals surface area contributed by atoms with Crippen molar-refractivity contribution < 1.29 is 9.18 Å². The van der Waals surface area contributed by atoms with E-state index in [4.69, 9.17) is 11.6 Å². The highest BCUT2D eigenvalue weighted by molar-refractivity contribution is 6.34. The van der Waals surface area contributed by atoms with Crippen molar-refractivity contribution in [3.63, 3.8) is 0 Å². The first-order valence-electron chi connectivity index (χ1n) is 4.78. The summed E-state index contributed by atoms with van der Waals surface area (Å²) in [5, 5.41) is 0.350. The molecule has 0 heterocycles. The first kappa shape index (κ1) is 12.7. The van der Waals surface area contributed by atoms with E-state index in [0.29, 0.717) is 17.0 Å². The molecule has 1 aromatic rings. The lowest BCUT2D eigenvalue weighted by molar-refractivity contribution is 0.112. The fourth-order valence-corrected chi connectivity index (χ4v) is 1.78. The van der Waals surface area contributed by atoms with Crippen LogP contribution < -0.4 is 4.90 Å². The Morgan fingerprint density at radius 2 is 2.06 bits per heavy atom. The number of nitrogens with zero attached hydrogens (tertiary/aromatic N) is 1. The molecule has 1 aromatic carbocycles. The molecule has 0 spiro atoms. The van der Waals surface area contributed by atoms with Gasteiger partial charge in [0.25, 0.3) is 0 Å². The van der Waals surface area contributed by atoms with E-state index in [-0.39, 0.29) is 5.56 Å². The third-order valence-corrected chi connectivity index (χ3v) is 2.34. The van der Waals surface area contributed by atoms with Crippen LogP contribution in [-0.4, -0.2) is 13.3 Å². The summed E-state index contributed by atoms with van der Waals surface area (Å²) in [7, 11) is 1.72. The maximum atomic E-state index is 13.4. The van der Waals surface area contributed by atoms with Gasteiger partial charge >= 0.3 is 0 Å². The normalized spacial score (nSPS) is 9.81. The summed E-state index contributed by atoms with van der Waals surface area (Å²) in [6.45, 7) is 3.81. The van der Waals surface area contributed by atoms with Crippen molar-refractivity contribution in [3.8, 4) is 0 Å². The van der Waals surface area contributed by atoms with Crippen LogP contribution in [0, 0.1) is 5.82 Å². The number of carbonyl (C=O) groups excluding carboxylic acids is 1. The van der Waals surface area contributed by atoms with Crippen molar-refractivity contribution in [3.05, 3.63) is 40.3 Å².